The Hall–Kier alpha value is -3.50. The third-order valence-electron chi connectivity index (χ3n) is 11.5. The molecule has 4 amide bonds. The summed E-state index contributed by atoms with van der Waals surface area (Å²) in [6.45, 7) is 17.8. The monoisotopic (exact) mass is 770 g/mol. The van der Waals surface area contributed by atoms with E-state index in [1.54, 1.807) is 37.8 Å². The van der Waals surface area contributed by atoms with Gasteiger partial charge in [0.15, 0.2) is 0 Å². The van der Waals surface area contributed by atoms with Crippen LogP contribution in [0, 0.1) is 36.0 Å². The minimum absolute atomic E-state index is 0.0103. The van der Waals surface area contributed by atoms with E-state index < -0.39 is 54.3 Å². The summed E-state index contributed by atoms with van der Waals surface area (Å²) in [6.07, 6.45) is 5.65. The van der Waals surface area contributed by atoms with Crippen molar-refractivity contribution in [1.82, 2.24) is 25.3 Å². The van der Waals surface area contributed by atoms with Crippen LogP contribution in [0.15, 0.2) is 30.3 Å². The summed E-state index contributed by atoms with van der Waals surface area (Å²) < 4.78 is 11.9. The number of aliphatic hydroxyl groups is 1. The Bertz CT molecular complexity index is 1420. The Balaban J connectivity index is 2.31. The number of benzene rings is 1. The summed E-state index contributed by atoms with van der Waals surface area (Å²) in [5, 5.41) is 16.8. The molecule has 1 aromatic carbocycles. The molecule has 1 heterocycles. The van der Waals surface area contributed by atoms with Gasteiger partial charge in [-0.15, -0.1) is 12.3 Å². The third kappa shape index (κ3) is 12.2. The van der Waals surface area contributed by atoms with Gasteiger partial charge < -0.3 is 35.0 Å². The van der Waals surface area contributed by atoms with Gasteiger partial charge in [-0.05, 0) is 64.5 Å². The topological polar surface area (TPSA) is 141 Å². The Kier molecular flexibility index (Phi) is 19.3. The van der Waals surface area contributed by atoms with Crippen molar-refractivity contribution in [3.8, 4) is 12.3 Å². The molecule has 310 valence electrons. The predicted molar refractivity (Wildman–Crippen MR) is 217 cm³/mol. The molecule has 0 aromatic heterocycles. The molecule has 12 nitrogen and oxygen atoms in total. The Labute approximate surface area is 331 Å². The molecule has 0 saturated carbocycles. The van der Waals surface area contributed by atoms with Crippen LogP contribution in [0.1, 0.15) is 99.7 Å². The molecule has 55 heavy (non-hydrogen) atoms. The van der Waals surface area contributed by atoms with Gasteiger partial charge in [0.2, 0.25) is 23.6 Å². The zero-order valence-electron chi connectivity index (χ0n) is 35.7. The summed E-state index contributed by atoms with van der Waals surface area (Å²) in [5.74, 6) is 0.535. The summed E-state index contributed by atoms with van der Waals surface area (Å²) in [7, 11) is 6.64. The van der Waals surface area contributed by atoms with E-state index >= 15 is 0 Å². The molecule has 3 N–H and O–H groups in total. The minimum Gasteiger partial charge on any atom is -0.386 e. The van der Waals surface area contributed by atoms with Crippen molar-refractivity contribution in [3.63, 3.8) is 0 Å². The van der Waals surface area contributed by atoms with E-state index in [1.165, 1.54) is 7.11 Å². The van der Waals surface area contributed by atoms with Gasteiger partial charge in [0, 0.05) is 39.8 Å². The lowest BCUT2D eigenvalue weighted by Gasteiger charge is -2.41. The number of hydrogen-bond acceptors (Lipinski definition) is 8. The van der Waals surface area contributed by atoms with Crippen molar-refractivity contribution in [2.75, 3.05) is 34.9 Å². The van der Waals surface area contributed by atoms with Crippen LogP contribution >= 0.6 is 0 Å². The Morgan fingerprint density at radius 2 is 1.56 bits per heavy atom. The van der Waals surface area contributed by atoms with Crippen LogP contribution in [0.3, 0.4) is 0 Å². The fourth-order valence-corrected chi connectivity index (χ4v) is 7.93. The predicted octanol–water partition coefficient (Wildman–Crippen LogP) is 4.26. The number of rotatable bonds is 21. The molecule has 1 aromatic rings. The van der Waals surface area contributed by atoms with Gasteiger partial charge in [0.25, 0.3) is 0 Å². The highest BCUT2D eigenvalue weighted by atomic mass is 16.5. The van der Waals surface area contributed by atoms with E-state index in [-0.39, 0.29) is 54.0 Å². The maximum absolute atomic E-state index is 14.4. The first kappa shape index (κ1) is 47.7. The maximum Gasteiger partial charge on any atom is 0.245 e. The van der Waals surface area contributed by atoms with Gasteiger partial charge in [-0.2, -0.15) is 0 Å². The van der Waals surface area contributed by atoms with Crippen LogP contribution in [0.4, 0.5) is 0 Å². The second kappa shape index (κ2) is 22.3. The van der Waals surface area contributed by atoms with E-state index in [9.17, 15) is 24.3 Å². The number of likely N-dealkylation sites (tertiary alicyclic amines) is 1. The first-order valence-corrected chi connectivity index (χ1v) is 20.0. The van der Waals surface area contributed by atoms with Gasteiger partial charge in [0.1, 0.15) is 6.04 Å². The maximum atomic E-state index is 14.4. The van der Waals surface area contributed by atoms with Gasteiger partial charge in [-0.25, -0.2) is 0 Å². The van der Waals surface area contributed by atoms with Gasteiger partial charge in [-0.1, -0.05) is 71.9 Å². The Morgan fingerprint density at radius 1 is 0.945 bits per heavy atom. The van der Waals surface area contributed by atoms with Gasteiger partial charge >= 0.3 is 0 Å². The van der Waals surface area contributed by atoms with Crippen molar-refractivity contribution in [2.24, 2.45) is 23.7 Å². The third-order valence-corrected chi connectivity index (χ3v) is 11.5. The summed E-state index contributed by atoms with van der Waals surface area (Å²) >= 11 is 0. The average Bonchev–Trinajstić information content (AvgIpc) is 3.64. The molecule has 12 heteroatoms. The van der Waals surface area contributed by atoms with E-state index in [0.29, 0.717) is 24.9 Å². The van der Waals surface area contributed by atoms with Crippen molar-refractivity contribution < 1.29 is 33.8 Å². The number of amides is 4. The normalized spacial score (nSPS) is 19.6. The number of carbonyl (C=O) groups is 4. The number of nitrogens with zero attached hydrogens (tertiary/aromatic N) is 3. The molecule has 0 radical (unpaired) electrons. The molecule has 0 bridgehead atoms. The van der Waals surface area contributed by atoms with E-state index in [4.69, 9.17) is 15.9 Å². The smallest absolute Gasteiger partial charge is 0.245 e. The number of hydrogen-bond donors (Lipinski definition) is 3. The molecule has 1 fully saturated rings. The molecule has 10 atom stereocenters. The number of aliphatic hydroxyl groups excluding tert-OH is 1. The van der Waals surface area contributed by atoms with Crippen LogP contribution in [-0.4, -0.2) is 127 Å². The largest absolute Gasteiger partial charge is 0.386 e. The zero-order chi connectivity index (χ0) is 41.7. The fourth-order valence-electron chi connectivity index (χ4n) is 7.93. The van der Waals surface area contributed by atoms with Crippen LogP contribution in [0.2, 0.25) is 0 Å². The molecular formula is C43H71N5O7. The molecular weight excluding hydrogens is 699 g/mol. The molecule has 2 rings (SSSR count). The lowest BCUT2D eigenvalue weighted by molar-refractivity contribution is -0.147. The number of terminal acetylenes is 1. The van der Waals surface area contributed by atoms with Crippen LogP contribution in [0.5, 0.6) is 0 Å². The average molecular weight is 770 g/mol. The van der Waals surface area contributed by atoms with E-state index in [1.807, 2.05) is 90.7 Å². The Morgan fingerprint density at radius 3 is 2.05 bits per heavy atom. The zero-order valence-corrected chi connectivity index (χ0v) is 35.7. The van der Waals surface area contributed by atoms with Gasteiger partial charge in [0.05, 0.1) is 54.8 Å². The summed E-state index contributed by atoms with van der Waals surface area (Å²) in [6, 6.07) is 6.40. The lowest BCUT2D eigenvalue weighted by atomic mass is 9.88. The second-order valence-electron chi connectivity index (χ2n) is 16.2. The van der Waals surface area contributed by atoms with Crippen molar-refractivity contribution >= 4 is 23.6 Å². The van der Waals surface area contributed by atoms with Crippen LogP contribution < -0.4 is 10.6 Å². The van der Waals surface area contributed by atoms with Crippen molar-refractivity contribution in [2.45, 2.75) is 143 Å². The molecule has 0 aliphatic carbocycles. The molecule has 0 unspecified atom stereocenters. The lowest BCUT2D eigenvalue weighted by Crippen LogP contribution is -2.60. The standard InChI is InChI=1S/C43H71N5O7/c1-15-31(16-2)38(47(12)43(53)36(26(3)4)45-42(52)37(27(5)6)46(11)28(7)8)34(54-13)25-35(49)48-24-20-23-33(48)40(55-14)29(9)41(51)44-30(10)39(50)32-21-18-17-19-22-32/h1,17-19,21-22,26-31,33-34,36-40,50H,16,20,23-25H2,2-14H3,(H,44,51)(H,45,52)/t29-,30-,31+,33+,34-,36+,37+,38+,39-,40-/m1/s1. The summed E-state index contributed by atoms with van der Waals surface area (Å²) in [5.41, 5.74) is 0.700. The van der Waals surface area contributed by atoms with Crippen LogP contribution in [0.25, 0.3) is 0 Å². The molecule has 1 aliphatic rings. The minimum atomic E-state index is -0.891. The van der Waals surface area contributed by atoms with Crippen molar-refractivity contribution in [1.29, 1.82) is 0 Å². The highest BCUT2D eigenvalue weighted by Crippen LogP contribution is 2.30. The van der Waals surface area contributed by atoms with Crippen molar-refractivity contribution in [3.05, 3.63) is 35.9 Å². The fraction of sp³-hybridized carbons (Fsp3) is 0.721. The molecule has 0 spiro atoms. The quantitative estimate of drug-likeness (QED) is 0.158. The number of likely N-dealkylation sites (N-methyl/N-ethyl adjacent to an activating group) is 2. The van der Waals surface area contributed by atoms with Crippen LogP contribution in [-0.2, 0) is 28.7 Å². The highest BCUT2D eigenvalue weighted by Gasteiger charge is 2.44. The van der Waals surface area contributed by atoms with E-state index in [0.717, 1.165) is 6.42 Å². The highest BCUT2D eigenvalue weighted by molar-refractivity contribution is 5.90. The SMILES string of the molecule is C#C[C@@H](CC)[C@@H]([C@@H](CC(=O)N1CCC[C@H]1[C@H](OC)[C@@H](C)C(=O)N[C@H](C)[C@@H](O)c1ccccc1)OC)N(C)C(=O)[C@@H](NC(=O)[C@H](C(C)C)N(C)C(C)C)C(C)C. The number of methoxy groups -OCH3 is 2. The number of carbonyl (C=O) groups excluding carboxylic acids is 4. The first-order valence-electron chi connectivity index (χ1n) is 20.0. The first-order chi connectivity index (χ1) is 25.9. The van der Waals surface area contributed by atoms with Gasteiger partial charge in [-0.3, -0.25) is 24.1 Å². The molecule has 1 saturated heterocycles. The van der Waals surface area contributed by atoms with E-state index in [2.05, 4.69) is 16.6 Å². The summed E-state index contributed by atoms with van der Waals surface area (Å²) in [4.78, 5) is 61.2. The number of nitrogens with one attached hydrogen (secondary N) is 2. The number of ether oxygens (including phenoxy) is 2. The second-order valence-corrected chi connectivity index (χ2v) is 16.2. The molecule has 1 aliphatic heterocycles.